The minimum atomic E-state index is -0.117. The summed E-state index contributed by atoms with van der Waals surface area (Å²) in [6, 6.07) is 3.99. The van der Waals surface area contributed by atoms with Gasteiger partial charge < -0.3 is 5.73 Å². The molecule has 0 radical (unpaired) electrons. The van der Waals surface area contributed by atoms with Crippen molar-refractivity contribution in [3.05, 3.63) is 38.4 Å². The maximum absolute atomic E-state index is 6.26. The molecule has 86 valence electrons. The van der Waals surface area contributed by atoms with Gasteiger partial charge in [0.25, 0.3) is 0 Å². The van der Waals surface area contributed by atoms with Crippen LogP contribution in [0.1, 0.15) is 17.2 Å². The molecule has 0 aliphatic carbocycles. The summed E-state index contributed by atoms with van der Waals surface area (Å²) < 4.78 is 4.30. The van der Waals surface area contributed by atoms with Gasteiger partial charge in [0, 0.05) is 0 Å². The Morgan fingerprint density at radius 2 is 1.25 bits per heavy atom. The fraction of sp³-hybridized carbons (Fsp3) is 0.111. The quantitative estimate of drug-likeness (QED) is 0.534. The second-order valence-electron chi connectivity index (χ2n) is 3.04. The van der Waals surface area contributed by atoms with Crippen molar-refractivity contribution in [2.45, 2.75) is 6.04 Å². The van der Waals surface area contributed by atoms with Crippen molar-refractivity contribution < 1.29 is 0 Å². The molecule has 16 heavy (non-hydrogen) atoms. The van der Waals surface area contributed by atoms with Gasteiger partial charge in [-0.25, -0.2) is 0 Å². The van der Waals surface area contributed by atoms with Gasteiger partial charge in [-0.2, -0.15) is 0 Å². The molecule has 0 aromatic carbocycles. The van der Waals surface area contributed by atoms with E-state index in [1.165, 1.54) is 0 Å². The molecule has 2 aromatic rings. The van der Waals surface area contributed by atoms with Crippen LogP contribution in [0.4, 0.5) is 0 Å². The first-order valence-electron chi connectivity index (χ1n) is 4.14. The van der Waals surface area contributed by atoms with Gasteiger partial charge in [-0.3, -0.25) is 0 Å². The largest absolute Gasteiger partial charge is 0.320 e. The van der Waals surface area contributed by atoms with Crippen LogP contribution in [0.2, 0.25) is 0 Å². The average Bonchev–Trinajstić information content (AvgIpc) is 2.68. The standard InChI is InChI=1S/C9H5Br4NS2/c10-5-1-3(8(12)15-5)7(14)4-2-6(11)16-9(4)13/h1-2,7H,14H2. The maximum atomic E-state index is 6.26. The SMILES string of the molecule is NC(c1cc(Br)sc1Br)c1cc(Br)sc1Br. The third kappa shape index (κ3) is 2.81. The molecule has 0 unspecified atom stereocenters. The normalized spacial score (nSPS) is 11.4. The zero-order valence-electron chi connectivity index (χ0n) is 7.64. The van der Waals surface area contributed by atoms with E-state index in [1.54, 1.807) is 22.7 Å². The Balaban J connectivity index is 2.42. The fourth-order valence-electron chi connectivity index (χ4n) is 1.30. The van der Waals surface area contributed by atoms with Crippen LogP contribution in [0, 0.1) is 0 Å². The third-order valence-electron chi connectivity index (χ3n) is 2.04. The predicted molar refractivity (Wildman–Crippen MR) is 85.5 cm³/mol. The molecule has 7 heteroatoms. The van der Waals surface area contributed by atoms with E-state index in [1.807, 2.05) is 0 Å². The lowest BCUT2D eigenvalue weighted by Crippen LogP contribution is -2.10. The molecule has 0 atom stereocenters. The Bertz CT molecular complexity index is 473. The molecule has 0 aliphatic rings. The molecular formula is C9H5Br4NS2. The summed E-state index contributed by atoms with van der Waals surface area (Å²) in [7, 11) is 0. The maximum Gasteiger partial charge on any atom is 0.0761 e. The molecule has 0 fully saturated rings. The molecule has 0 spiro atoms. The van der Waals surface area contributed by atoms with Crippen molar-refractivity contribution in [3.63, 3.8) is 0 Å². The first-order valence-corrected chi connectivity index (χ1v) is 8.94. The number of rotatable bonds is 2. The summed E-state index contributed by atoms with van der Waals surface area (Å²) in [6.07, 6.45) is 0. The van der Waals surface area contributed by atoms with Gasteiger partial charge in [0.2, 0.25) is 0 Å². The molecular weight excluding hydrogens is 506 g/mol. The van der Waals surface area contributed by atoms with Crippen molar-refractivity contribution in [2.24, 2.45) is 5.73 Å². The summed E-state index contributed by atoms with van der Waals surface area (Å²) in [6.45, 7) is 0. The Morgan fingerprint density at radius 3 is 1.50 bits per heavy atom. The van der Waals surface area contributed by atoms with Crippen LogP contribution < -0.4 is 5.73 Å². The lowest BCUT2D eigenvalue weighted by molar-refractivity contribution is 0.873. The van der Waals surface area contributed by atoms with Crippen molar-refractivity contribution in [2.75, 3.05) is 0 Å². The van der Waals surface area contributed by atoms with Crippen molar-refractivity contribution in [1.82, 2.24) is 0 Å². The number of nitrogens with two attached hydrogens (primary N) is 1. The highest BCUT2D eigenvalue weighted by molar-refractivity contribution is 9.12. The average molecular weight is 511 g/mol. The van der Waals surface area contributed by atoms with E-state index < -0.39 is 0 Å². The van der Waals surface area contributed by atoms with Crippen LogP contribution in [-0.2, 0) is 0 Å². The van der Waals surface area contributed by atoms with Crippen LogP contribution in [0.3, 0.4) is 0 Å². The number of hydrogen-bond donors (Lipinski definition) is 1. The fourth-order valence-corrected chi connectivity index (χ4v) is 7.16. The van der Waals surface area contributed by atoms with Crippen molar-refractivity contribution >= 4 is 86.4 Å². The minimum absolute atomic E-state index is 0.117. The molecule has 2 N–H and O–H groups in total. The number of thiophene rings is 2. The van der Waals surface area contributed by atoms with E-state index in [2.05, 4.69) is 75.9 Å². The van der Waals surface area contributed by atoms with Gasteiger partial charge >= 0.3 is 0 Å². The topological polar surface area (TPSA) is 26.0 Å². The molecule has 0 bridgehead atoms. The lowest BCUT2D eigenvalue weighted by atomic mass is 10.1. The zero-order chi connectivity index (χ0) is 11.9. The first-order chi connectivity index (χ1) is 7.49. The molecule has 2 rings (SSSR count). The van der Waals surface area contributed by atoms with E-state index in [-0.39, 0.29) is 6.04 Å². The summed E-state index contributed by atoms with van der Waals surface area (Å²) in [4.78, 5) is 0. The highest BCUT2D eigenvalue weighted by atomic mass is 79.9. The van der Waals surface area contributed by atoms with E-state index in [4.69, 9.17) is 5.73 Å². The predicted octanol–water partition coefficient (Wildman–Crippen LogP) is 5.91. The molecule has 2 aromatic heterocycles. The smallest absolute Gasteiger partial charge is 0.0761 e. The van der Waals surface area contributed by atoms with Gasteiger partial charge in [-0.05, 0) is 87.0 Å². The van der Waals surface area contributed by atoms with Gasteiger partial charge in [-0.15, -0.1) is 22.7 Å². The number of halogens is 4. The highest BCUT2D eigenvalue weighted by Gasteiger charge is 2.19. The van der Waals surface area contributed by atoms with E-state index >= 15 is 0 Å². The van der Waals surface area contributed by atoms with E-state index in [0.29, 0.717) is 0 Å². The molecule has 0 saturated carbocycles. The van der Waals surface area contributed by atoms with Gasteiger partial charge in [0.15, 0.2) is 0 Å². The zero-order valence-corrected chi connectivity index (χ0v) is 15.6. The summed E-state index contributed by atoms with van der Waals surface area (Å²) in [5, 5.41) is 0. The Kier molecular flexibility index (Phi) is 4.71. The van der Waals surface area contributed by atoms with Crippen LogP contribution in [0.25, 0.3) is 0 Å². The molecule has 0 aliphatic heterocycles. The van der Waals surface area contributed by atoms with E-state index in [9.17, 15) is 0 Å². The first kappa shape index (κ1) is 13.7. The summed E-state index contributed by atoms with van der Waals surface area (Å²) >= 11 is 17.3. The van der Waals surface area contributed by atoms with Crippen LogP contribution >= 0.6 is 86.4 Å². The second-order valence-corrected chi connectivity index (χ2v) is 10.5. The molecule has 0 saturated heterocycles. The summed E-state index contributed by atoms with van der Waals surface area (Å²) in [5.41, 5.74) is 8.46. The van der Waals surface area contributed by atoms with Crippen LogP contribution in [0.15, 0.2) is 27.3 Å². The van der Waals surface area contributed by atoms with Crippen molar-refractivity contribution in [1.29, 1.82) is 0 Å². The molecule has 0 amide bonds. The minimum Gasteiger partial charge on any atom is -0.320 e. The van der Waals surface area contributed by atoms with E-state index in [0.717, 1.165) is 26.3 Å². The molecule has 1 nitrogen and oxygen atoms in total. The highest BCUT2D eigenvalue weighted by Crippen LogP contribution is 2.41. The third-order valence-corrected chi connectivity index (χ3v) is 6.81. The van der Waals surface area contributed by atoms with Gasteiger partial charge in [-0.1, -0.05) is 0 Å². The van der Waals surface area contributed by atoms with Crippen LogP contribution in [-0.4, -0.2) is 0 Å². The van der Waals surface area contributed by atoms with Crippen LogP contribution in [0.5, 0.6) is 0 Å². The summed E-state index contributed by atoms with van der Waals surface area (Å²) in [5.74, 6) is 0. The van der Waals surface area contributed by atoms with Crippen molar-refractivity contribution in [3.8, 4) is 0 Å². The lowest BCUT2D eigenvalue weighted by Gasteiger charge is -2.09. The van der Waals surface area contributed by atoms with Gasteiger partial charge in [0.1, 0.15) is 0 Å². The Labute approximate surface area is 135 Å². The monoisotopic (exact) mass is 507 g/mol. The second kappa shape index (κ2) is 5.50. The number of hydrogen-bond acceptors (Lipinski definition) is 3. The Morgan fingerprint density at radius 1 is 0.875 bits per heavy atom. The van der Waals surface area contributed by atoms with Gasteiger partial charge in [0.05, 0.1) is 21.2 Å². The molecule has 2 heterocycles. The Hall–Kier alpha value is 1.28.